The Morgan fingerprint density at radius 2 is 1.49 bits per heavy atom. The van der Waals surface area contributed by atoms with Crippen LogP contribution in [0.25, 0.3) is 0 Å². The second-order valence-corrected chi connectivity index (χ2v) is 10.2. The van der Waals surface area contributed by atoms with E-state index in [0.717, 1.165) is 18.4 Å². The number of carbonyl (C=O) groups excluding carboxylic acids is 1. The summed E-state index contributed by atoms with van der Waals surface area (Å²) in [6, 6.07) is 23.5. The SMILES string of the molecule is COc1ccc(S(=O)(=O)N(CC(=O)N[C@@H](C)CCc2ccccc2)Cc2ccccc2)cc1OC. The third kappa shape index (κ3) is 7.31. The van der Waals surface area contributed by atoms with Crippen molar-refractivity contribution in [3.8, 4) is 11.5 Å². The maximum Gasteiger partial charge on any atom is 0.243 e. The predicted molar refractivity (Wildman–Crippen MR) is 136 cm³/mol. The van der Waals surface area contributed by atoms with Crippen molar-refractivity contribution in [2.45, 2.75) is 37.2 Å². The summed E-state index contributed by atoms with van der Waals surface area (Å²) in [6.07, 6.45) is 1.57. The molecule has 0 saturated carbocycles. The fourth-order valence-electron chi connectivity index (χ4n) is 3.72. The van der Waals surface area contributed by atoms with Crippen molar-refractivity contribution < 1.29 is 22.7 Å². The molecule has 186 valence electrons. The number of benzene rings is 3. The van der Waals surface area contributed by atoms with Crippen molar-refractivity contribution in [3.05, 3.63) is 90.0 Å². The van der Waals surface area contributed by atoms with Gasteiger partial charge in [-0.2, -0.15) is 4.31 Å². The number of sulfonamides is 1. The molecule has 3 aromatic carbocycles. The zero-order valence-corrected chi connectivity index (χ0v) is 21.1. The minimum absolute atomic E-state index is 0.0241. The molecule has 0 fully saturated rings. The zero-order chi connectivity index (χ0) is 25.3. The van der Waals surface area contributed by atoms with Crippen molar-refractivity contribution >= 4 is 15.9 Å². The molecule has 3 rings (SSSR count). The Labute approximate surface area is 207 Å². The molecule has 0 spiro atoms. The minimum atomic E-state index is -4.01. The van der Waals surface area contributed by atoms with Gasteiger partial charge in [0.1, 0.15) is 0 Å². The third-order valence-electron chi connectivity index (χ3n) is 5.63. The van der Waals surface area contributed by atoms with Crippen molar-refractivity contribution in [2.75, 3.05) is 20.8 Å². The van der Waals surface area contributed by atoms with E-state index in [1.165, 1.54) is 42.3 Å². The molecule has 0 unspecified atom stereocenters. The van der Waals surface area contributed by atoms with Gasteiger partial charge in [-0.25, -0.2) is 8.42 Å². The van der Waals surface area contributed by atoms with E-state index in [1.54, 1.807) is 0 Å². The van der Waals surface area contributed by atoms with Crippen molar-refractivity contribution in [2.24, 2.45) is 0 Å². The molecule has 0 aromatic heterocycles. The Kier molecular flexibility index (Phi) is 9.28. The molecule has 3 aromatic rings. The lowest BCUT2D eigenvalue weighted by molar-refractivity contribution is -0.122. The van der Waals surface area contributed by atoms with Crippen LogP contribution in [0.5, 0.6) is 11.5 Å². The number of amides is 1. The highest BCUT2D eigenvalue weighted by atomic mass is 32.2. The standard InChI is InChI=1S/C27H32N2O5S/c1-21(14-15-22-10-6-4-7-11-22)28-27(30)20-29(19-23-12-8-5-9-13-23)35(31,32)24-16-17-25(33-2)26(18-24)34-3/h4-13,16-18,21H,14-15,19-20H2,1-3H3,(H,28,30)/t21-/m0/s1. The number of hydrogen-bond acceptors (Lipinski definition) is 5. The first-order valence-corrected chi connectivity index (χ1v) is 12.9. The second kappa shape index (κ2) is 12.4. The van der Waals surface area contributed by atoms with Gasteiger partial charge in [-0.05, 0) is 43.0 Å². The minimum Gasteiger partial charge on any atom is -0.493 e. The highest BCUT2D eigenvalue weighted by molar-refractivity contribution is 7.89. The molecule has 0 heterocycles. The molecule has 1 N–H and O–H groups in total. The Bertz CT molecular complexity index is 1200. The largest absolute Gasteiger partial charge is 0.493 e. The lowest BCUT2D eigenvalue weighted by Gasteiger charge is -2.23. The van der Waals surface area contributed by atoms with Crippen LogP contribution in [0, 0.1) is 0 Å². The summed E-state index contributed by atoms with van der Waals surface area (Å²) < 4.78 is 38.9. The average molecular weight is 497 g/mol. The number of ether oxygens (including phenoxy) is 2. The van der Waals surface area contributed by atoms with Crippen LogP contribution < -0.4 is 14.8 Å². The van der Waals surface area contributed by atoms with Gasteiger partial charge in [-0.3, -0.25) is 4.79 Å². The summed E-state index contributed by atoms with van der Waals surface area (Å²) >= 11 is 0. The van der Waals surface area contributed by atoms with Crippen LogP contribution in [0.2, 0.25) is 0 Å². The van der Waals surface area contributed by atoms with E-state index >= 15 is 0 Å². The van der Waals surface area contributed by atoms with Crippen molar-refractivity contribution in [1.29, 1.82) is 0 Å². The molecule has 0 aliphatic rings. The van der Waals surface area contributed by atoms with Crippen LogP contribution >= 0.6 is 0 Å². The first-order chi connectivity index (χ1) is 16.8. The molecule has 1 amide bonds. The Morgan fingerprint density at radius 1 is 0.886 bits per heavy atom. The highest BCUT2D eigenvalue weighted by Crippen LogP contribution is 2.31. The summed E-state index contributed by atoms with van der Waals surface area (Å²) in [5, 5.41) is 2.94. The maximum atomic E-state index is 13.6. The summed E-state index contributed by atoms with van der Waals surface area (Å²) in [7, 11) is -1.08. The van der Waals surface area contributed by atoms with Crippen LogP contribution in [0.3, 0.4) is 0 Å². The number of hydrogen-bond donors (Lipinski definition) is 1. The molecule has 0 aliphatic carbocycles. The summed E-state index contributed by atoms with van der Waals surface area (Å²) in [5.74, 6) is 0.365. The molecule has 0 bridgehead atoms. The van der Waals surface area contributed by atoms with Gasteiger partial charge in [0.15, 0.2) is 11.5 Å². The van der Waals surface area contributed by atoms with E-state index < -0.39 is 10.0 Å². The van der Waals surface area contributed by atoms with E-state index in [-0.39, 0.29) is 29.9 Å². The number of carbonyl (C=O) groups is 1. The smallest absolute Gasteiger partial charge is 0.243 e. The summed E-state index contributed by atoms with van der Waals surface area (Å²) in [5.41, 5.74) is 1.97. The van der Waals surface area contributed by atoms with Gasteiger partial charge >= 0.3 is 0 Å². The van der Waals surface area contributed by atoms with E-state index in [2.05, 4.69) is 5.32 Å². The maximum absolute atomic E-state index is 13.6. The average Bonchev–Trinajstić information content (AvgIpc) is 2.87. The first kappa shape index (κ1) is 26.2. The van der Waals surface area contributed by atoms with Crippen molar-refractivity contribution in [1.82, 2.24) is 9.62 Å². The molecular formula is C27H32N2O5S. The van der Waals surface area contributed by atoms with Crippen LogP contribution in [0.1, 0.15) is 24.5 Å². The van der Waals surface area contributed by atoms with Crippen LogP contribution in [0.15, 0.2) is 83.8 Å². The first-order valence-electron chi connectivity index (χ1n) is 11.4. The fourth-order valence-corrected chi connectivity index (χ4v) is 5.12. The van der Waals surface area contributed by atoms with Gasteiger partial charge in [0.05, 0.1) is 25.7 Å². The van der Waals surface area contributed by atoms with Crippen molar-refractivity contribution in [3.63, 3.8) is 0 Å². The van der Waals surface area contributed by atoms with Gasteiger partial charge in [-0.1, -0.05) is 60.7 Å². The lowest BCUT2D eigenvalue weighted by Crippen LogP contribution is -2.43. The molecule has 0 saturated heterocycles. The Morgan fingerprint density at radius 3 is 2.09 bits per heavy atom. The van der Waals surface area contributed by atoms with E-state index in [0.29, 0.717) is 11.5 Å². The van der Waals surface area contributed by atoms with Gasteiger partial charge in [0.2, 0.25) is 15.9 Å². The third-order valence-corrected chi connectivity index (χ3v) is 7.42. The normalized spacial score (nSPS) is 12.2. The van der Waals surface area contributed by atoms with Crippen LogP contribution in [-0.2, 0) is 27.8 Å². The van der Waals surface area contributed by atoms with Crippen LogP contribution in [0.4, 0.5) is 0 Å². The molecular weight excluding hydrogens is 464 g/mol. The van der Waals surface area contributed by atoms with E-state index in [4.69, 9.17) is 9.47 Å². The highest BCUT2D eigenvalue weighted by Gasteiger charge is 2.28. The fraction of sp³-hybridized carbons (Fsp3) is 0.296. The summed E-state index contributed by atoms with van der Waals surface area (Å²) in [6.45, 7) is 1.68. The summed E-state index contributed by atoms with van der Waals surface area (Å²) in [4.78, 5) is 12.9. The van der Waals surface area contributed by atoms with Gasteiger partial charge in [-0.15, -0.1) is 0 Å². The topological polar surface area (TPSA) is 84.9 Å². The second-order valence-electron chi connectivity index (χ2n) is 8.27. The molecule has 0 radical (unpaired) electrons. The monoisotopic (exact) mass is 496 g/mol. The number of methoxy groups -OCH3 is 2. The molecule has 1 atom stereocenters. The van der Waals surface area contributed by atoms with E-state index in [9.17, 15) is 13.2 Å². The van der Waals surface area contributed by atoms with Gasteiger partial charge in [0.25, 0.3) is 0 Å². The predicted octanol–water partition coefficient (Wildman–Crippen LogP) is 4.03. The number of nitrogens with one attached hydrogen (secondary N) is 1. The van der Waals surface area contributed by atoms with Gasteiger partial charge < -0.3 is 14.8 Å². The molecule has 8 heteroatoms. The quantitative estimate of drug-likeness (QED) is 0.409. The zero-order valence-electron chi connectivity index (χ0n) is 20.3. The van der Waals surface area contributed by atoms with E-state index in [1.807, 2.05) is 67.6 Å². The molecule has 35 heavy (non-hydrogen) atoms. The molecule has 0 aliphatic heterocycles. The van der Waals surface area contributed by atoms with Gasteiger partial charge in [0, 0.05) is 18.7 Å². The number of rotatable bonds is 12. The lowest BCUT2D eigenvalue weighted by atomic mass is 10.1. The Hall–Kier alpha value is -3.36. The number of nitrogens with zero attached hydrogens (tertiary/aromatic N) is 1. The number of aryl methyl sites for hydroxylation is 1. The van der Waals surface area contributed by atoms with Crippen LogP contribution in [-0.4, -0.2) is 45.4 Å². The molecule has 7 nitrogen and oxygen atoms in total. The Balaban J connectivity index is 1.77.